The Morgan fingerprint density at radius 1 is 1.35 bits per heavy atom. The SMILES string of the molecule is N[C@H]1Cc2ccccc2[C@H]2CSCCN2C1=O. The van der Waals surface area contributed by atoms with E-state index in [0.29, 0.717) is 6.42 Å². The van der Waals surface area contributed by atoms with Crippen LogP contribution < -0.4 is 5.73 Å². The van der Waals surface area contributed by atoms with Crippen LogP contribution >= 0.6 is 11.8 Å². The number of fused-ring (bicyclic) bond motifs is 3. The number of nitrogens with two attached hydrogens (primary N) is 1. The van der Waals surface area contributed by atoms with Gasteiger partial charge in [0.15, 0.2) is 0 Å². The van der Waals surface area contributed by atoms with Crippen molar-refractivity contribution in [1.29, 1.82) is 0 Å². The van der Waals surface area contributed by atoms with Gasteiger partial charge in [-0.1, -0.05) is 24.3 Å². The molecule has 4 heteroatoms. The number of hydrogen-bond donors (Lipinski definition) is 1. The van der Waals surface area contributed by atoms with Crippen LogP contribution in [0, 0.1) is 0 Å². The Labute approximate surface area is 105 Å². The molecule has 0 spiro atoms. The zero-order valence-corrected chi connectivity index (χ0v) is 10.5. The topological polar surface area (TPSA) is 46.3 Å². The van der Waals surface area contributed by atoms with Gasteiger partial charge in [-0.15, -0.1) is 0 Å². The maximum Gasteiger partial charge on any atom is 0.240 e. The molecule has 2 aliphatic heterocycles. The Bertz CT molecular complexity index is 449. The van der Waals surface area contributed by atoms with Crippen LogP contribution in [-0.4, -0.2) is 34.9 Å². The van der Waals surface area contributed by atoms with E-state index >= 15 is 0 Å². The molecule has 0 saturated carbocycles. The second kappa shape index (κ2) is 4.35. The lowest BCUT2D eigenvalue weighted by Crippen LogP contribution is -2.47. The summed E-state index contributed by atoms with van der Waals surface area (Å²) in [4.78, 5) is 14.2. The smallest absolute Gasteiger partial charge is 0.240 e. The summed E-state index contributed by atoms with van der Waals surface area (Å²) in [5.74, 6) is 2.14. The van der Waals surface area contributed by atoms with Crippen molar-refractivity contribution in [2.24, 2.45) is 5.73 Å². The summed E-state index contributed by atoms with van der Waals surface area (Å²) in [6.45, 7) is 0.830. The standard InChI is InChI=1S/C13H16N2OS/c14-11-7-9-3-1-2-4-10(9)12-8-17-6-5-15(12)13(11)16/h1-4,11-12H,5-8,14H2/t11-,12+/m0/s1. The largest absolute Gasteiger partial charge is 0.333 e. The van der Waals surface area contributed by atoms with Crippen molar-refractivity contribution in [2.45, 2.75) is 18.5 Å². The molecule has 2 N–H and O–H groups in total. The lowest BCUT2D eigenvalue weighted by Gasteiger charge is -2.35. The highest BCUT2D eigenvalue weighted by molar-refractivity contribution is 7.99. The maximum atomic E-state index is 12.2. The monoisotopic (exact) mass is 248 g/mol. The fraction of sp³-hybridized carbons (Fsp3) is 0.462. The van der Waals surface area contributed by atoms with E-state index in [1.54, 1.807) is 0 Å². The van der Waals surface area contributed by atoms with Gasteiger partial charge in [0.1, 0.15) is 0 Å². The van der Waals surface area contributed by atoms with E-state index in [9.17, 15) is 4.79 Å². The van der Waals surface area contributed by atoms with E-state index in [1.165, 1.54) is 11.1 Å². The molecular weight excluding hydrogens is 232 g/mol. The van der Waals surface area contributed by atoms with E-state index in [0.717, 1.165) is 18.1 Å². The summed E-state index contributed by atoms with van der Waals surface area (Å²) in [5.41, 5.74) is 8.53. The predicted octanol–water partition coefficient (Wildman–Crippen LogP) is 1.19. The maximum absolute atomic E-state index is 12.2. The third-order valence-corrected chi connectivity index (χ3v) is 4.61. The van der Waals surface area contributed by atoms with Crippen molar-refractivity contribution in [1.82, 2.24) is 4.90 Å². The van der Waals surface area contributed by atoms with Crippen LogP contribution in [0.25, 0.3) is 0 Å². The summed E-state index contributed by atoms with van der Waals surface area (Å²) < 4.78 is 0. The third-order valence-electron chi connectivity index (χ3n) is 3.58. The van der Waals surface area contributed by atoms with Gasteiger partial charge < -0.3 is 10.6 Å². The van der Waals surface area contributed by atoms with Gasteiger partial charge in [0.05, 0.1) is 12.1 Å². The van der Waals surface area contributed by atoms with Crippen LogP contribution in [0.1, 0.15) is 17.2 Å². The highest BCUT2D eigenvalue weighted by Gasteiger charge is 2.35. The number of thioether (sulfide) groups is 1. The molecule has 2 atom stereocenters. The summed E-state index contributed by atoms with van der Waals surface area (Å²) in [7, 11) is 0. The Morgan fingerprint density at radius 2 is 2.18 bits per heavy atom. The molecule has 90 valence electrons. The van der Waals surface area contributed by atoms with E-state index in [4.69, 9.17) is 5.73 Å². The van der Waals surface area contributed by atoms with Crippen LogP contribution in [0.15, 0.2) is 24.3 Å². The van der Waals surface area contributed by atoms with Gasteiger partial charge in [0.25, 0.3) is 0 Å². The summed E-state index contributed by atoms with van der Waals surface area (Å²) in [5, 5.41) is 0. The number of carbonyl (C=O) groups excluding carboxylic acids is 1. The number of benzene rings is 1. The number of rotatable bonds is 0. The van der Waals surface area contributed by atoms with Crippen molar-refractivity contribution >= 4 is 17.7 Å². The highest BCUT2D eigenvalue weighted by atomic mass is 32.2. The van der Waals surface area contributed by atoms with Crippen molar-refractivity contribution in [3.8, 4) is 0 Å². The molecule has 0 aromatic heterocycles. The van der Waals surface area contributed by atoms with Gasteiger partial charge in [-0.25, -0.2) is 0 Å². The zero-order valence-electron chi connectivity index (χ0n) is 9.63. The first-order valence-electron chi connectivity index (χ1n) is 5.99. The summed E-state index contributed by atoms with van der Waals surface area (Å²) >= 11 is 1.92. The number of hydrogen-bond acceptors (Lipinski definition) is 3. The first-order valence-corrected chi connectivity index (χ1v) is 7.14. The molecule has 0 radical (unpaired) electrons. The molecule has 0 unspecified atom stereocenters. The number of amides is 1. The highest BCUT2D eigenvalue weighted by Crippen LogP contribution is 2.34. The zero-order chi connectivity index (χ0) is 11.8. The quantitative estimate of drug-likeness (QED) is 0.750. The van der Waals surface area contributed by atoms with E-state index in [-0.39, 0.29) is 18.0 Å². The normalized spacial score (nSPS) is 28.3. The second-order valence-electron chi connectivity index (χ2n) is 4.63. The molecule has 2 aliphatic rings. The lowest BCUT2D eigenvalue weighted by molar-refractivity contribution is -0.134. The Hall–Kier alpha value is -1.00. The van der Waals surface area contributed by atoms with Crippen molar-refractivity contribution in [2.75, 3.05) is 18.1 Å². The molecule has 0 aliphatic carbocycles. The van der Waals surface area contributed by atoms with Gasteiger partial charge in [0, 0.05) is 18.1 Å². The molecule has 2 heterocycles. The van der Waals surface area contributed by atoms with Crippen LogP contribution in [0.5, 0.6) is 0 Å². The average Bonchev–Trinajstić information content (AvgIpc) is 2.48. The van der Waals surface area contributed by atoms with Gasteiger partial charge >= 0.3 is 0 Å². The average molecular weight is 248 g/mol. The van der Waals surface area contributed by atoms with Crippen molar-refractivity contribution in [3.63, 3.8) is 0 Å². The summed E-state index contributed by atoms with van der Waals surface area (Å²) in [6, 6.07) is 8.18. The van der Waals surface area contributed by atoms with Gasteiger partial charge in [-0.2, -0.15) is 11.8 Å². The van der Waals surface area contributed by atoms with E-state index < -0.39 is 0 Å². The molecule has 1 saturated heterocycles. The molecule has 1 aromatic rings. The molecule has 1 amide bonds. The minimum atomic E-state index is -0.371. The molecule has 3 rings (SSSR count). The lowest BCUT2D eigenvalue weighted by atomic mass is 9.98. The van der Waals surface area contributed by atoms with Crippen LogP contribution in [0.4, 0.5) is 0 Å². The molecule has 17 heavy (non-hydrogen) atoms. The summed E-state index contributed by atoms with van der Waals surface area (Å²) in [6.07, 6.45) is 0.673. The minimum Gasteiger partial charge on any atom is -0.333 e. The molecule has 1 aromatic carbocycles. The van der Waals surface area contributed by atoms with Crippen LogP contribution in [0.2, 0.25) is 0 Å². The van der Waals surface area contributed by atoms with Gasteiger partial charge in [-0.3, -0.25) is 4.79 Å². The van der Waals surface area contributed by atoms with Crippen molar-refractivity contribution < 1.29 is 4.79 Å². The molecule has 0 bridgehead atoms. The van der Waals surface area contributed by atoms with E-state index in [1.807, 2.05) is 22.7 Å². The van der Waals surface area contributed by atoms with Crippen LogP contribution in [0.3, 0.4) is 0 Å². The van der Waals surface area contributed by atoms with Crippen LogP contribution in [-0.2, 0) is 11.2 Å². The second-order valence-corrected chi connectivity index (χ2v) is 5.78. The number of carbonyl (C=O) groups is 1. The Kier molecular flexibility index (Phi) is 2.84. The molecule has 1 fully saturated rings. The van der Waals surface area contributed by atoms with E-state index in [2.05, 4.69) is 18.2 Å². The first kappa shape index (κ1) is 11.1. The van der Waals surface area contributed by atoms with Gasteiger partial charge in [0.2, 0.25) is 5.91 Å². The molecule has 3 nitrogen and oxygen atoms in total. The molecular formula is C13H16N2OS. The minimum absolute atomic E-state index is 0.117. The number of nitrogens with zero attached hydrogens (tertiary/aromatic N) is 1. The first-order chi connectivity index (χ1) is 8.27. The fourth-order valence-electron chi connectivity index (χ4n) is 2.71. The third kappa shape index (κ3) is 1.85. The van der Waals surface area contributed by atoms with Crippen molar-refractivity contribution in [3.05, 3.63) is 35.4 Å². The predicted molar refractivity (Wildman–Crippen MR) is 69.9 cm³/mol. The Balaban J connectivity index is 2.07. The Morgan fingerprint density at radius 3 is 3.06 bits per heavy atom. The fourth-order valence-corrected chi connectivity index (χ4v) is 3.78. The van der Waals surface area contributed by atoms with Gasteiger partial charge in [-0.05, 0) is 17.5 Å².